The Bertz CT molecular complexity index is 839. The van der Waals surface area contributed by atoms with Gasteiger partial charge in [0.15, 0.2) is 0 Å². The highest BCUT2D eigenvalue weighted by atomic mass is 16.2. The first-order valence-corrected chi connectivity index (χ1v) is 9.39. The average molecular weight is 350 g/mol. The summed E-state index contributed by atoms with van der Waals surface area (Å²) in [6.07, 6.45) is 10.8. The smallest absolute Gasteiger partial charge is 0.257 e. The van der Waals surface area contributed by atoms with Crippen LogP contribution in [0.1, 0.15) is 40.2 Å². The first-order chi connectivity index (χ1) is 12.5. The molecule has 2 bridgehead atoms. The van der Waals surface area contributed by atoms with Crippen molar-refractivity contribution in [2.24, 2.45) is 24.8 Å². The largest absolute Gasteiger partial charge is 0.334 e. The van der Waals surface area contributed by atoms with Gasteiger partial charge < -0.3 is 4.90 Å². The van der Waals surface area contributed by atoms with Gasteiger partial charge in [-0.2, -0.15) is 5.10 Å². The van der Waals surface area contributed by atoms with Gasteiger partial charge in [0, 0.05) is 38.2 Å². The van der Waals surface area contributed by atoms with Crippen molar-refractivity contribution in [1.29, 1.82) is 0 Å². The minimum Gasteiger partial charge on any atom is -0.334 e. The van der Waals surface area contributed by atoms with Crippen molar-refractivity contribution < 1.29 is 4.79 Å². The van der Waals surface area contributed by atoms with Gasteiger partial charge in [-0.15, -0.1) is 0 Å². The molecule has 2 heterocycles. The van der Waals surface area contributed by atoms with Crippen molar-refractivity contribution in [3.63, 3.8) is 0 Å². The summed E-state index contributed by atoms with van der Waals surface area (Å²) in [5.41, 5.74) is 3.55. The number of hydrogen-bond acceptors (Lipinski definition) is 3. The van der Waals surface area contributed by atoms with Crippen LogP contribution in [0.25, 0.3) is 0 Å². The van der Waals surface area contributed by atoms with Crippen molar-refractivity contribution in [1.82, 2.24) is 19.7 Å². The lowest BCUT2D eigenvalue weighted by Gasteiger charge is -2.29. The molecule has 2 aromatic rings. The van der Waals surface area contributed by atoms with Crippen LogP contribution in [-0.2, 0) is 13.6 Å². The normalized spacial score (nSPS) is 23.6. The van der Waals surface area contributed by atoms with E-state index < -0.39 is 0 Å². The molecule has 2 aliphatic rings. The number of nitrogens with zero attached hydrogens (tertiary/aromatic N) is 4. The van der Waals surface area contributed by atoms with Crippen LogP contribution >= 0.6 is 0 Å². The predicted octanol–water partition coefficient (Wildman–Crippen LogP) is 3.29. The molecule has 1 amide bonds. The molecule has 0 unspecified atom stereocenters. The quantitative estimate of drug-likeness (QED) is 0.778. The molecule has 136 valence electrons. The number of carbonyl (C=O) groups excluding carboxylic acids is 1. The topological polar surface area (TPSA) is 51.0 Å². The van der Waals surface area contributed by atoms with Crippen molar-refractivity contribution in [3.8, 4) is 0 Å². The summed E-state index contributed by atoms with van der Waals surface area (Å²) in [6.45, 7) is 5.28. The van der Waals surface area contributed by atoms with E-state index in [-0.39, 0.29) is 5.91 Å². The minimum absolute atomic E-state index is 0.0868. The van der Waals surface area contributed by atoms with Crippen LogP contribution in [0.4, 0.5) is 0 Å². The number of hydrogen-bond donors (Lipinski definition) is 0. The van der Waals surface area contributed by atoms with Crippen molar-refractivity contribution in [2.45, 2.75) is 33.2 Å². The number of pyridine rings is 1. The van der Waals surface area contributed by atoms with Gasteiger partial charge in [-0.1, -0.05) is 18.2 Å². The van der Waals surface area contributed by atoms with E-state index in [1.807, 2.05) is 44.1 Å². The van der Waals surface area contributed by atoms with Crippen molar-refractivity contribution in [2.75, 3.05) is 6.54 Å². The Balaban J connectivity index is 1.61. The van der Waals surface area contributed by atoms with Crippen LogP contribution in [0, 0.1) is 31.6 Å². The molecule has 1 fully saturated rings. The number of allylic oxidation sites excluding steroid dienone is 2. The second-order valence-electron chi connectivity index (χ2n) is 7.76. The van der Waals surface area contributed by atoms with Crippen molar-refractivity contribution >= 4 is 5.91 Å². The molecule has 0 spiro atoms. The molecule has 3 atom stereocenters. The lowest BCUT2D eigenvalue weighted by Crippen LogP contribution is -2.36. The zero-order valence-corrected chi connectivity index (χ0v) is 15.7. The lowest BCUT2D eigenvalue weighted by atomic mass is 9.92. The highest BCUT2D eigenvalue weighted by Crippen LogP contribution is 2.43. The van der Waals surface area contributed by atoms with Crippen LogP contribution < -0.4 is 0 Å². The fraction of sp³-hybridized carbons (Fsp3) is 0.476. The molecule has 5 nitrogen and oxygen atoms in total. The maximum atomic E-state index is 13.4. The monoisotopic (exact) mass is 350 g/mol. The zero-order valence-electron chi connectivity index (χ0n) is 15.7. The molecule has 0 N–H and O–H groups in total. The van der Waals surface area contributed by atoms with E-state index in [9.17, 15) is 4.79 Å². The first kappa shape index (κ1) is 17.0. The van der Waals surface area contributed by atoms with Gasteiger partial charge in [0.2, 0.25) is 0 Å². The SMILES string of the molecule is Cc1nn(C)c(C)c1C(=O)N(Cc1cccnc1)C[C@H]1C[C@@H]2C=C[C@H]1C2. The molecule has 5 heteroatoms. The van der Waals surface area contributed by atoms with E-state index in [0.29, 0.717) is 24.3 Å². The average Bonchev–Trinajstić information content (AvgIpc) is 3.30. The Kier molecular flexibility index (Phi) is 4.39. The van der Waals surface area contributed by atoms with Gasteiger partial charge in [0.25, 0.3) is 5.91 Å². The second-order valence-corrected chi connectivity index (χ2v) is 7.76. The predicted molar refractivity (Wildman–Crippen MR) is 101 cm³/mol. The maximum absolute atomic E-state index is 13.4. The summed E-state index contributed by atoms with van der Waals surface area (Å²) in [6, 6.07) is 3.97. The third-order valence-electron chi connectivity index (χ3n) is 5.98. The molecular weight excluding hydrogens is 324 g/mol. The number of rotatable bonds is 5. The molecule has 0 radical (unpaired) electrons. The van der Waals surface area contributed by atoms with E-state index in [2.05, 4.69) is 22.2 Å². The molecule has 0 aliphatic heterocycles. The van der Waals surface area contributed by atoms with Gasteiger partial charge in [-0.05, 0) is 56.1 Å². The Hall–Kier alpha value is -2.43. The van der Waals surface area contributed by atoms with Crippen LogP contribution in [0.3, 0.4) is 0 Å². The molecular formula is C21H26N4O. The zero-order chi connectivity index (χ0) is 18.3. The van der Waals surface area contributed by atoms with Gasteiger partial charge in [0.05, 0.1) is 11.3 Å². The van der Waals surface area contributed by atoms with E-state index in [0.717, 1.165) is 29.1 Å². The number of carbonyl (C=O) groups is 1. The van der Waals surface area contributed by atoms with Gasteiger partial charge >= 0.3 is 0 Å². The van der Waals surface area contributed by atoms with E-state index in [1.165, 1.54) is 12.8 Å². The second kappa shape index (κ2) is 6.71. The Morgan fingerprint density at radius 2 is 2.15 bits per heavy atom. The summed E-state index contributed by atoms with van der Waals surface area (Å²) in [5, 5.41) is 4.44. The molecule has 2 aromatic heterocycles. The Morgan fingerprint density at radius 1 is 1.31 bits per heavy atom. The lowest BCUT2D eigenvalue weighted by molar-refractivity contribution is 0.0703. The summed E-state index contributed by atoms with van der Waals surface area (Å²) < 4.78 is 1.80. The molecule has 26 heavy (non-hydrogen) atoms. The summed E-state index contributed by atoms with van der Waals surface area (Å²) >= 11 is 0. The van der Waals surface area contributed by atoms with Gasteiger partial charge in [-0.3, -0.25) is 14.5 Å². The first-order valence-electron chi connectivity index (χ1n) is 9.39. The van der Waals surface area contributed by atoms with Crippen LogP contribution in [-0.4, -0.2) is 32.1 Å². The number of aromatic nitrogens is 3. The van der Waals surface area contributed by atoms with Crippen molar-refractivity contribution in [3.05, 3.63) is 59.2 Å². The highest BCUT2D eigenvalue weighted by molar-refractivity contribution is 5.96. The molecule has 4 rings (SSSR count). The van der Waals surface area contributed by atoms with E-state index in [1.54, 1.807) is 10.9 Å². The van der Waals surface area contributed by atoms with Crippen LogP contribution in [0.2, 0.25) is 0 Å². The number of fused-ring (bicyclic) bond motifs is 2. The standard InChI is InChI=1S/C21H26N4O/c1-14-20(15(2)24(3)23-14)21(26)25(12-17-5-4-8-22-11-17)13-19-10-16-6-7-18(19)9-16/h4-8,11,16,18-19H,9-10,12-13H2,1-3H3/t16-,18+,19-/m1/s1. The maximum Gasteiger partial charge on any atom is 0.257 e. The van der Waals surface area contributed by atoms with E-state index >= 15 is 0 Å². The Morgan fingerprint density at radius 3 is 2.73 bits per heavy atom. The molecule has 0 aromatic carbocycles. The third kappa shape index (κ3) is 3.06. The van der Waals surface area contributed by atoms with Gasteiger partial charge in [0.1, 0.15) is 0 Å². The van der Waals surface area contributed by atoms with E-state index in [4.69, 9.17) is 0 Å². The summed E-state index contributed by atoms with van der Waals surface area (Å²) in [7, 11) is 1.89. The third-order valence-corrected chi connectivity index (χ3v) is 5.98. The van der Waals surface area contributed by atoms with Crippen LogP contribution in [0.5, 0.6) is 0 Å². The highest BCUT2D eigenvalue weighted by Gasteiger charge is 2.37. The van der Waals surface area contributed by atoms with Crippen LogP contribution in [0.15, 0.2) is 36.7 Å². The number of amides is 1. The molecule has 2 aliphatic carbocycles. The minimum atomic E-state index is 0.0868. The molecule has 1 saturated carbocycles. The number of aryl methyl sites for hydroxylation is 2. The van der Waals surface area contributed by atoms with Gasteiger partial charge in [-0.25, -0.2) is 0 Å². The Labute approximate surface area is 154 Å². The fourth-order valence-corrected chi connectivity index (χ4v) is 4.56. The summed E-state index contributed by atoms with van der Waals surface area (Å²) in [5.74, 6) is 1.98. The summed E-state index contributed by atoms with van der Waals surface area (Å²) in [4.78, 5) is 19.7. The molecule has 0 saturated heterocycles. The fourth-order valence-electron chi connectivity index (χ4n) is 4.56.